The molecular weight excluding hydrogens is 448 g/mol. The third kappa shape index (κ3) is 5.07. The van der Waals surface area contributed by atoms with E-state index in [1.165, 1.54) is 34.8 Å². The molecule has 1 unspecified atom stereocenters. The first kappa shape index (κ1) is 22.4. The highest BCUT2D eigenvalue weighted by molar-refractivity contribution is 7.14. The van der Waals surface area contributed by atoms with Crippen molar-refractivity contribution < 1.29 is 14.3 Å². The van der Waals surface area contributed by atoms with E-state index in [1.54, 1.807) is 0 Å². The maximum absolute atomic E-state index is 13.0. The SMILES string of the molecule is CN(c1cccc(-c2csc(NC(=O)C3CCCN3C(=O)OCc3ccccc3)n2)c1)C1CC1. The lowest BCUT2D eigenvalue weighted by molar-refractivity contribution is -0.120. The zero-order chi connectivity index (χ0) is 23.5. The first-order valence-electron chi connectivity index (χ1n) is 11.7. The number of rotatable bonds is 7. The number of carbonyl (C=O) groups excluding carboxylic acids is 2. The summed E-state index contributed by atoms with van der Waals surface area (Å²) in [6, 6.07) is 17.9. The van der Waals surface area contributed by atoms with Crippen LogP contribution in [0.25, 0.3) is 11.3 Å². The summed E-state index contributed by atoms with van der Waals surface area (Å²) in [5.41, 5.74) is 3.94. The zero-order valence-electron chi connectivity index (χ0n) is 19.1. The number of nitrogens with zero attached hydrogens (tertiary/aromatic N) is 3. The maximum Gasteiger partial charge on any atom is 0.410 e. The summed E-state index contributed by atoms with van der Waals surface area (Å²) in [6.07, 6.45) is 3.40. The molecule has 1 N–H and O–H groups in total. The lowest BCUT2D eigenvalue weighted by atomic mass is 10.1. The molecule has 2 amide bonds. The highest BCUT2D eigenvalue weighted by atomic mass is 32.1. The van der Waals surface area contributed by atoms with Gasteiger partial charge in [0.2, 0.25) is 5.91 Å². The molecule has 176 valence electrons. The number of aromatic nitrogens is 1. The zero-order valence-corrected chi connectivity index (χ0v) is 20.0. The van der Waals surface area contributed by atoms with Crippen molar-refractivity contribution in [3.8, 4) is 11.3 Å². The van der Waals surface area contributed by atoms with Gasteiger partial charge in [-0.05, 0) is 43.4 Å². The Labute approximate surface area is 203 Å². The summed E-state index contributed by atoms with van der Waals surface area (Å²) >= 11 is 1.39. The van der Waals surface area contributed by atoms with E-state index >= 15 is 0 Å². The number of hydrogen-bond donors (Lipinski definition) is 1. The Kier molecular flexibility index (Phi) is 6.49. The summed E-state index contributed by atoms with van der Waals surface area (Å²) in [6.45, 7) is 0.700. The number of carbonyl (C=O) groups is 2. The van der Waals surface area contributed by atoms with E-state index in [4.69, 9.17) is 4.74 Å². The molecule has 2 aliphatic rings. The largest absolute Gasteiger partial charge is 0.445 e. The molecule has 1 aromatic heterocycles. The first-order valence-corrected chi connectivity index (χ1v) is 12.5. The van der Waals surface area contributed by atoms with Crippen LogP contribution in [-0.2, 0) is 16.1 Å². The van der Waals surface area contributed by atoms with Crippen molar-refractivity contribution >= 4 is 34.2 Å². The molecule has 0 bridgehead atoms. The van der Waals surface area contributed by atoms with Crippen LogP contribution < -0.4 is 10.2 Å². The fraction of sp³-hybridized carbons (Fsp3) is 0.346. The lowest BCUT2D eigenvalue weighted by Gasteiger charge is -2.22. The lowest BCUT2D eigenvalue weighted by Crippen LogP contribution is -2.43. The highest BCUT2D eigenvalue weighted by Gasteiger charge is 2.35. The second-order valence-electron chi connectivity index (χ2n) is 8.81. The minimum absolute atomic E-state index is 0.190. The van der Waals surface area contributed by atoms with Crippen molar-refractivity contribution in [1.82, 2.24) is 9.88 Å². The molecule has 34 heavy (non-hydrogen) atoms. The van der Waals surface area contributed by atoms with Gasteiger partial charge < -0.3 is 15.0 Å². The van der Waals surface area contributed by atoms with Crippen LogP contribution in [0.15, 0.2) is 60.0 Å². The Balaban J connectivity index is 1.20. The molecule has 8 heteroatoms. The summed E-state index contributed by atoms with van der Waals surface area (Å²) in [4.78, 5) is 34.1. The van der Waals surface area contributed by atoms with Crippen molar-refractivity contribution in [2.45, 2.75) is 44.4 Å². The molecular formula is C26H28N4O3S. The van der Waals surface area contributed by atoms with Gasteiger partial charge in [0.05, 0.1) is 5.69 Å². The average Bonchev–Trinajstić information content (AvgIpc) is 3.40. The third-order valence-electron chi connectivity index (χ3n) is 6.37. The van der Waals surface area contributed by atoms with Crippen LogP contribution in [0, 0.1) is 0 Å². The number of anilines is 2. The van der Waals surface area contributed by atoms with E-state index in [0.717, 1.165) is 23.2 Å². The molecule has 0 spiro atoms. The molecule has 1 saturated carbocycles. The van der Waals surface area contributed by atoms with Crippen molar-refractivity contribution in [3.05, 3.63) is 65.5 Å². The van der Waals surface area contributed by atoms with Crippen molar-refractivity contribution in [2.24, 2.45) is 0 Å². The van der Waals surface area contributed by atoms with Crippen LogP contribution in [-0.4, -0.2) is 47.6 Å². The van der Waals surface area contributed by atoms with E-state index in [9.17, 15) is 9.59 Å². The number of hydrogen-bond acceptors (Lipinski definition) is 6. The Morgan fingerprint density at radius 2 is 1.97 bits per heavy atom. The fourth-order valence-electron chi connectivity index (χ4n) is 4.27. The van der Waals surface area contributed by atoms with Crippen molar-refractivity contribution in [2.75, 3.05) is 23.8 Å². The van der Waals surface area contributed by atoms with Gasteiger partial charge in [0.25, 0.3) is 0 Å². The van der Waals surface area contributed by atoms with E-state index in [1.807, 2.05) is 47.8 Å². The molecule has 2 aromatic carbocycles. The second kappa shape index (κ2) is 9.85. The van der Waals surface area contributed by atoms with E-state index in [0.29, 0.717) is 24.1 Å². The molecule has 2 heterocycles. The number of ether oxygens (including phenoxy) is 1. The second-order valence-corrected chi connectivity index (χ2v) is 9.67. The number of thiazole rings is 1. The van der Waals surface area contributed by atoms with Gasteiger partial charge in [-0.1, -0.05) is 42.5 Å². The molecule has 7 nitrogen and oxygen atoms in total. The van der Waals surface area contributed by atoms with E-state index in [-0.39, 0.29) is 12.5 Å². The van der Waals surface area contributed by atoms with Crippen LogP contribution >= 0.6 is 11.3 Å². The summed E-state index contributed by atoms with van der Waals surface area (Å²) in [7, 11) is 2.13. The van der Waals surface area contributed by atoms with Crippen molar-refractivity contribution in [3.63, 3.8) is 0 Å². The Morgan fingerprint density at radius 1 is 1.15 bits per heavy atom. The molecule has 0 radical (unpaired) electrons. The predicted octanol–water partition coefficient (Wildman–Crippen LogP) is 5.15. The number of likely N-dealkylation sites (tertiary alicyclic amines) is 1. The Morgan fingerprint density at radius 3 is 2.76 bits per heavy atom. The fourth-order valence-corrected chi connectivity index (χ4v) is 4.99. The molecule has 2 fully saturated rings. The molecule has 1 atom stereocenters. The Bertz CT molecular complexity index is 1160. The molecule has 1 aliphatic carbocycles. The topological polar surface area (TPSA) is 74.8 Å². The molecule has 1 saturated heterocycles. The van der Waals surface area contributed by atoms with Gasteiger partial charge in [0.1, 0.15) is 12.6 Å². The van der Waals surface area contributed by atoms with Gasteiger partial charge in [0, 0.05) is 36.3 Å². The smallest absolute Gasteiger partial charge is 0.410 e. The highest BCUT2D eigenvalue weighted by Crippen LogP contribution is 2.33. The summed E-state index contributed by atoms with van der Waals surface area (Å²) in [5.74, 6) is -0.225. The molecule has 5 rings (SSSR count). The molecule has 3 aromatic rings. The van der Waals surface area contributed by atoms with Gasteiger partial charge in [-0.2, -0.15) is 0 Å². The van der Waals surface area contributed by atoms with Crippen molar-refractivity contribution in [1.29, 1.82) is 0 Å². The van der Waals surface area contributed by atoms with Crippen LogP contribution in [0.1, 0.15) is 31.2 Å². The van der Waals surface area contributed by atoms with Gasteiger partial charge >= 0.3 is 6.09 Å². The predicted molar refractivity (Wildman–Crippen MR) is 134 cm³/mol. The van der Waals surface area contributed by atoms with Gasteiger partial charge in [0.15, 0.2) is 5.13 Å². The summed E-state index contributed by atoms with van der Waals surface area (Å²) in [5, 5.41) is 5.39. The van der Waals surface area contributed by atoms with Crippen LogP contribution in [0.3, 0.4) is 0 Å². The summed E-state index contributed by atoms with van der Waals surface area (Å²) < 4.78 is 5.45. The monoisotopic (exact) mass is 476 g/mol. The maximum atomic E-state index is 13.0. The minimum Gasteiger partial charge on any atom is -0.445 e. The van der Waals surface area contributed by atoms with Crippen LogP contribution in [0.2, 0.25) is 0 Å². The van der Waals surface area contributed by atoms with Gasteiger partial charge in [-0.3, -0.25) is 9.69 Å². The third-order valence-corrected chi connectivity index (χ3v) is 7.13. The quantitative estimate of drug-likeness (QED) is 0.511. The van der Waals surface area contributed by atoms with Crippen LogP contribution in [0.4, 0.5) is 15.6 Å². The Hall–Kier alpha value is -3.39. The van der Waals surface area contributed by atoms with Crippen LogP contribution in [0.5, 0.6) is 0 Å². The van der Waals surface area contributed by atoms with E-state index < -0.39 is 12.1 Å². The molecule has 1 aliphatic heterocycles. The number of nitrogens with one attached hydrogen (secondary N) is 1. The average molecular weight is 477 g/mol. The number of benzene rings is 2. The minimum atomic E-state index is -0.550. The normalized spacial score (nSPS) is 17.4. The number of amides is 2. The first-order chi connectivity index (χ1) is 16.6. The van der Waals surface area contributed by atoms with Gasteiger partial charge in [-0.25, -0.2) is 9.78 Å². The van der Waals surface area contributed by atoms with E-state index in [2.05, 4.69) is 34.4 Å². The standard InChI is InChI=1S/C26H28N4O3S/c1-29(20-12-13-20)21-10-5-9-19(15-21)22-17-34-25(27-22)28-24(31)23-11-6-14-30(23)26(32)33-16-18-7-3-2-4-8-18/h2-5,7-10,15,17,20,23H,6,11-14,16H2,1H3,(H,27,28,31). The van der Waals surface area contributed by atoms with Gasteiger partial charge in [-0.15, -0.1) is 11.3 Å².